The Balaban J connectivity index is 1.33. The van der Waals surface area contributed by atoms with Crippen molar-refractivity contribution in [3.8, 4) is 10.6 Å². The third-order valence-electron chi connectivity index (χ3n) is 4.36. The maximum atomic E-state index is 12.2. The van der Waals surface area contributed by atoms with Gasteiger partial charge in [-0.3, -0.25) is 9.89 Å². The first-order chi connectivity index (χ1) is 12.2. The molecule has 0 unspecified atom stereocenters. The minimum atomic E-state index is -0.0671. The largest absolute Gasteiger partial charge is 0.355 e. The Morgan fingerprint density at radius 3 is 2.88 bits per heavy atom. The molecular formula is C17H19N5OS2. The molecule has 6 nitrogen and oxygen atoms in total. The minimum Gasteiger partial charge on any atom is -0.355 e. The summed E-state index contributed by atoms with van der Waals surface area (Å²) in [5, 5.41) is 15.5. The number of rotatable bonds is 4. The minimum absolute atomic E-state index is 0.0671. The molecule has 1 fully saturated rings. The number of thiazole rings is 1. The predicted octanol–water partition coefficient (Wildman–Crippen LogP) is 3.30. The number of amides is 1. The monoisotopic (exact) mass is 373 g/mol. The Morgan fingerprint density at radius 2 is 2.20 bits per heavy atom. The number of anilines is 1. The zero-order chi connectivity index (χ0) is 17.2. The zero-order valence-corrected chi connectivity index (χ0v) is 15.5. The number of carbonyl (C=O) groups is 1. The summed E-state index contributed by atoms with van der Waals surface area (Å²) in [6, 6.07) is 6.42. The third kappa shape index (κ3) is 3.59. The normalized spacial score (nSPS) is 15.5. The first-order valence-corrected chi connectivity index (χ1v) is 10.0. The number of carbonyl (C=O) groups excluding carboxylic acids is 1. The van der Waals surface area contributed by atoms with Gasteiger partial charge in [0, 0.05) is 30.6 Å². The van der Waals surface area contributed by atoms with Crippen LogP contribution in [0.4, 0.5) is 5.82 Å². The van der Waals surface area contributed by atoms with E-state index in [0.29, 0.717) is 5.69 Å². The van der Waals surface area contributed by atoms with Crippen LogP contribution in [0.15, 0.2) is 29.0 Å². The molecule has 1 amide bonds. The second-order valence-corrected chi connectivity index (χ2v) is 8.11. The number of aryl methyl sites for hydroxylation is 1. The van der Waals surface area contributed by atoms with Gasteiger partial charge in [0.05, 0.1) is 15.6 Å². The lowest BCUT2D eigenvalue weighted by molar-refractivity contribution is 0.0926. The van der Waals surface area contributed by atoms with E-state index < -0.39 is 0 Å². The molecule has 0 spiro atoms. The van der Waals surface area contributed by atoms with E-state index in [4.69, 9.17) is 0 Å². The van der Waals surface area contributed by atoms with Crippen LogP contribution in [-0.4, -0.2) is 40.2 Å². The van der Waals surface area contributed by atoms with Gasteiger partial charge in [0.15, 0.2) is 5.82 Å². The van der Waals surface area contributed by atoms with Gasteiger partial charge in [-0.2, -0.15) is 5.10 Å². The van der Waals surface area contributed by atoms with Crippen molar-refractivity contribution in [3.05, 3.63) is 39.7 Å². The molecule has 1 aliphatic rings. The number of hydrogen-bond donors (Lipinski definition) is 2. The number of hydrogen-bond acceptors (Lipinski definition) is 6. The highest BCUT2D eigenvalue weighted by atomic mass is 32.1. The van der Waals surface area contributed by atoms with Gasteiger partial charge in [0.1, 0.15) is 5.69 Å². The van der Waals surface area contributed by atoms with Crippen molar-refractivity contribution in [1.82, 2.24) is 20.5 Å². The van der Waals surface area contributed by atoms with E-state index >= 15 is 0 Å². The number of piperidine rings is 1. The maximum absolute atomic E-state index is 12.2. The topological polar surface area (TPSA) is 73.9 Å². The highest BCUT2D eigenvalue weighted by molar-refractivity contribution is 7.13. The van der Waals surface area contributed by atoms with Gasteiger partial charge in [-0.15, -0.1) is 22.7 Å². The summed E-state index contributed by atoms with van der Waals surface area (Å²) in [4.78, 5) is 19.9. The fraction of sp³-hybridized carbons (Fsp3) is 0.353. The van der Waals surface area contributed by atoms with Gasteiger partial charge in [-0.05, 0) is 31.2 Å². The molecule has 3 aromatic heterocycles. The molecule has 0 bridgehead atoms. The van der Waals surface area contributed by atoms with Gasteiger partial charge < -0.3 is 10.2 Å². The second-order valence-electron chi connectivity index (χ2n) is 6.10. The van der Waals surface area contributed by atoms with Crippen LogP contribution in [0.2, 0.25) is 0 Å². The van der Waals surface area contributed by atoms with Crippen molar-refractivity contribution in [2.45, 2.75) is 25.8 Å². The van der Waals surface area contributed by atoms with Crippen molar-refractivity contribution < 1.29 is 4.79 Å². The van der Waals surface area contributed by atoms with E-state index in [0.717, 1.165) is 42.5 Å². The molecule has 25 heavy (non-hydrogen) atoms. The lowest BCUT2D eigenvalue weighted by Gasteiger charge is -2.32. The molecule has 0 atom stereocenters. The van der Waals surface area contributed by atoms with Crippen molar-refractivity contribution in [1.29, 1.82) is 0 Å². The quantitative estimate of drug-likeness (QED) is 0.736. The molecule has 0 saturated carbocycles. The first kappa shape index (κ1) is 16.3. The Kier molecular flexibility index (Phi) is 4.54. The van der Waals surface area contributed by atoms with E-state index in [1.54, 1.807) is 11.3 Å². The Bertz CT molecular complexity index is 846. The lowest BCUT2D eigenvalue weighted by atomic mass is 10.0. The molecule has 4 rings (SSSR count). The molecule has 0 aromatic carbocycles. The lowest BCUT2D eigenvalue weighted by Crippen LogP contribution is -2.44. The highest BCUT2D eigenvalue weighted by Crippen LogP contribution is 2.27. The summed E-state index contributed by atoms with van der Waals surface area (Å²) in [5.41, 5.74) is 1.58. The molecule has 3 aromatic rings. The van der Waals surface area contributed by atoms with E-state index in [9.17, 15) is 4.79 Å². The average Bonchev–Trinajstić information content (AvgIpc) is 3.36. The van der Waals surface area contributed by atoms with Crippen LogP contribution in [0.1, 0.15) is 28.3 Å². The average molecular weight is 374 g/mol. The van der Waals surface area contributed by atoms with E-state index in [1.807, 2.05) is 18.4 Å². The van der Waals surface area contributed by atoms with E-state index in [-0.39, 0.29) is 11.9 Å². The van der Waals surface area contributed by atoms with Crippen LogP contribution in [0.25, 0.3) is 10.6 Å². The fourth-order valence-electron chi connectivity index (χ4n) is 3.01. The predicted molar refractivity (Wildman–Crippen MR) is 101 cm³/mol. The van der Waals surface area contributed by atoms with Crippen LogP contribution in [0.3, 0.4) is 0 Å². The van der Waals surface area contributed by atoms with Crippen LogP contribution < -0.4 is 10.2 Å². The number of thiophene rings is 1. The molecule has 8 heteroatoms. The summed E-state index contributed by atoms with van der Waals surface area (Å²) in [5.74, 6) is 0.908. The summed E-state index contributed by atoms with van der Waals surface area (Å²) in [7, 11) is 0. The zero-order valence-electron chi connectivity index (χ0n) is 13.9. The van der Waals surface area contributed by atoms with Gasteiger partial charge in [0.25, 0.3) is 5.91 Å². The first-order valence-electron chi connectivity index (χ1n) is 8.26. The summed E-state index contributed by atoms with van der Waals surface area (Å²) >= 11 is 3.20. The molecule has 2 N–H and O–H groups in total. The summed E-state index contributed by atoms with van der Waals surface area (Å²) < 4.78 is 0. The van der Waals surface area contributed by atoms with Crippen LogP contribution in [0.5, 0.6) is 0 Å². The summed E-state index contributed by atoms with van der Waals surface area (Å²) in [6.45, 7) is 3.68. The smallest absolute Gasteiger partial charge is 0.270 e. The molecule has 1 aliphatic heterocycles. The van der Waals surface area contributed by atoms with Crippen LogP contribution >= 0.6 is 22.7 Å². The van der Waals surface area contributed by atoms with E-state index in [1.165, 1.54) is 16.2 Å². The van der Waals surface area contributed by atoms with Crippen molar-refractivity contribution in [3.63, 3.8) is 0 Å². The number of aromatic amines is 1. The van der Waals surface area contributed by atoms with Crippen molar-refractivity contribution in [2.75, 3.05) is 18.0 Å². The van der Waals surface area contributed by atoms with Crippen LogP contribution in [0, 0.1) is 6.92 Å². The van der Waals surface area contributed by atoms with Gasteiger partial charge in [-0.25, -0.2) is 4.98 Å². The molecule has 1 saturated heterocycles. The second kappa shape index (κ2) is 6.97. The number of H-pyrrole nitrogens is 1. The van der Waals surface area contributed by atoms with Gasteiger partial charge in [-0.1, -0.05) is 6.07 Å². The molecule has 0 radical (unpaired) electrons. The molecule has 0 aliphatic carbocycles. The number of nitrogens with one attached hydrogen (secondary N) is 2. The van der Waals surface area contributed by atoms with Gasteiger partial charge in [0.2, 0.25) is 0 Å². The highest BCUT2D eigenvalue weighted by Gasteiger charge is 2.23. The number of nitrogens with zero attached hydrogens (tertiary/aromatic N) is 3. The Hall–Kier alpha value is -2.19. The Morgan fingerprint density at radius 1 is 1.36 bits per heavy atom. The maximum Gasteiger partial charge on any atom is 0.270 e. The standard InChI is InChI=1S/C17H19N5OS2/c1-11-18-14(10-25-11)17(23)19-12-4-6-22(7-5-12)16-9-13(20-21-16)15-3-2-8-24-15/h2-3,8-10,12H,4-7H2,1H3,(H,19,23)(H,20,21). The Labute approximate surface area is 153 Å². The van der Waals surface area contributed by atoms with Gasteiger partial charge >= 0.3 is 0 Å². The molecule has 4 heterocycles. The van der Waals surface area contributed by atoms with Crippen molar-refractivity contribution >= 4 is 34.4 Å². The SMILES string of the molecule is Cc1nc(C(=O)NC2CCN(c3cc(-c4cccs4)[nH]n3)CC2)cs1. The van der Waals surface area contributed by atoms with Crippen molar-refractivity contribution in [2.24, 2.45) is 0 Å². The number of aromatic nitrogens is 3. The third-order valence-corrected chi connectivity index (χ3v) is 6.03. The molecular weight excluding hydrogens is 354 g/mol. The summed E-state index contributed by atoms with van der Waals surface area (Å²) in [6.07, 6.45) is 1.83. The van der Waals surface area contributed by atoms with E-state index in [2.05, 4.69) is 42.9 Å². The van der Waals surface area contributed by atoms with Crippen LogP contribution in [-0.2, 0) is 0 Å². The molecule has 130 valence electrons. The fourth-order valence-corrected chi connectivity index (χ4v) is 4.30.